The highest BCUT2D eigenvalue weighted by Crippen LogP contribution is 2.30. The third kappa shape index (κ3) is 6.21. The van der Waals surface area contributed by atoms with E-state index in [9.17, 15) is 9.59 Å². The lowest BCUT2D eigenvalue weighted by molar-refractivity contribution is 0.0860. The molecule has 2 fully saturated rings. The van der Waals surface area contributed by atoms with Crippen molar-refractivity contribution in [3.8, 4) is 10.4 Å². The van der Waals surface area contributed by atoms with Crippen molar-refractivity contribution in [2.75, 3.05) is 31.6 Å². The second-order valence-electron chi connectivity index (χ2n) is 9.86. The van der Waals surface area contributed by atoms with Crippen molar-refractivity contribution in [1.29, 1.82) is 0 Å². The Balaban J connectivity index is 1.23. The number of hydrogen-bond donors (Lipinski definition) is 4. The van der Waals surface area contributed by atoms with Gasteiger partial charge in [-0.25, -0.2) is 0 Å². The topological polar surface area (TPSA) is 91.5 Å². The first-order valence-electron chi connectivity index (χ1n) is 12.9. The van der Waals surface area contributed by atoms with Crippen LogP contribution in [0.4, 0.5) is 5.69 Å². The Morgan fingerprint density at radius 2 is 1.97 bits per heavy atom. The van der Waals surface area contributed by atoms with E-state index in [1.54, 1.807) is 0 Å². The molecule has 5 rings (SSSR count). The smallest absolute Gasteiger partial charge is 0.261 e. The molecule has 37 heavy (non-hydrogen) atoms. The highest BCUT2D eigenvalue weighted by Gasteiger charge is 2.20. The maximum absolute atomic E-state index is 13.2. The lowest BCUT2D eigenvalue weighted by atomic mass is 10.0. The van der Waals surface area contributed by atoms with Crippen molar-refractivity contribution in [3.63, 3.8) is 0 Å². The number of nitrogens with one attached hydrogen (secondary N) is 4. The number of ether oxygens (including phenoxy) is 1. The number of amides is 2. The molecule has 2 aromatic carbocycles. The molecular weight excluding hydrogens is 484 g/mol. The summed E-state index contributed by atoms with van der Waals surface area (Å²) in [6.07, 6.45) is 2.18. The van der Waals surface area contributed by atoms with Gasteiger partial charge in [-0.15, -0.1) is 11.3 Å². The largest absolute Gasteiger partial charge is 0.380 e. The van der Waals surface area contributed by atoms with Crippen LogP contribution in [0.25, 0.3) is 10.4 Å². The van der Waals surface area contributed by atoms with E-state index in [0.29, 0.717) is 23.0 Å². The number of carbonyl (C=O) groups is 2. The Bertz CT molecular complexity index is 1260. The van der Waals surface area contributed by atoms with Crippen LogP contribution in [-0.2, 0) is 4.74 Å². The number of carbonyl (C=O) groups excluding carboxylic acids is 2. The molecule has 2 atom stereocenters. The second kappa shape index (κ2) is 11.5. The first-order chi connectivity index (χ1) is 18.0. The van der Waals surface area contributed by atoms with E-state index in [-0.39, 0.29) is 24.0 Å². The lowest BCUT2D eigenvalue weighted by Gasteiger charge is -2.29. The molecule has 0 bridgehead atoms. The van der Waals surface area contributed by atoms with Gasteiger partial charge in [0.25, 0.3) is 11.8 Å². The molecule has 2 aliphatic heterocycles. The SMILES string of the molecule is Cc1ccc(NC2CNC2)cc1C(=O)N[C@H](C)c1cccc(-c2ccc(C(=O)NCC3CCCO3)s2)c1. The van der Waals surface area contributed by atoms with Crippen LogP contribution in [0.3, 0.4) is 0 Å². The van der Waals surface area contributed by atoms with Gasteiger partial charge >= 0.3 is 0 Å². The molecule has 0 radical (unpaired) electrons. The molecule has 1 unspecified atom stereocenters. The zero-order valence-corrected chi connectivity index (χ0v) is 22.1. The van der Waals surface area contributed by atoms with Crippen molar-refractivity contribution in [1.82, 2.24) is 16.0 Å². The minimum absolute atomic E-state index is 0.0656. The monoisotopic (exact) mass is 518 g/mol. The summed E-state index contributed by atoms with van der Waals surface area (Å²) in [7, 11) is 0. The molecule has 2 aliphatic rings. The van der Waals surface area contributed by atoms with Crippen molar-refractivity contribution >= 4 is 28.8 Å². The molecule has 4 N–H and O–H groups in total. The number of aryl methyl sites for hydroxylation is 1. The van der Waals surface area contributed by atoms with Crippen molar-refractivity contribution < 1.29 is 14.3 Å². The third-order valence-corrected chi connectivity index (χ3v) is 8.13. The minimum atomic E-state index is -0.173. The first kappa shape index (κ1) is 25.4. The molecule has 2 saturated heterocycles. The molecule has 2 amide bonds. The van der Waals surface area contributed by atoms with Crippen LogP contribution in [0.15, 0.2) is 54.6 Å². The minimum Gasteiger partial charge on any atom is -0.380 e. The highest BCUT2D eigenvalue weighted by atomic mass is 32.1. The molecule has 7 nitrogen and oxygen atoms in total. The van der Waals surface area contributed by atoms with E-state index >= 15 is 0 Å². The summed E-state index contributed by atoms with van der Waals surface area (Å²) in [5.74, 6) is -0.156. The van der Waals surface area contributed by atoms with Gasteiger partial charge in [-0.3, -0.25) is 9.59 Å². The molecule has 3 heterocycles. The second-order valence-corrected chi connectivity index (χ2v) is 10.9. The van der Waals surface area contributed by atoms with E-state index in [1.165, 1.54) is 11.3 Å². The molecule has 1 aromatic heterocycles. The Hall–Kier alpha value is -3.20. The summed E-state index contributed by atoms with van der Waals surface area (Å²) in [6.45, 7) is 7.16. The van der Waals surface area contributed by atoms with Gasteiger partial charge in [0.05, 0.1) is 23.1 Å². The van der Waals surface area contributed by atoms with Gasteiger partial charge in [-0.1, -0.05) is 24.3 Å². The predicted octanol–water partition coefficient (Wildman–Crippen LogP) is 4.51. The molecule has 8 heteroatoms. The Labute approximate surface area is 222 Å². The maximum Gasteiger partial charge on any atom is 0.261 e. The van der Waals surface area contributed by atoms with Crippen LogP contribution in [0.1, 0.15) is 57.0 Å². The molecule has 0 saturated carbocycles. The summed E-state index contributed by atoms with van der Waals surface area (Å²) < 4.78 is 5.59. The van der Waals surface area contributed by atoms with Gasteiger partial charge in [0.2, 0.25) is 0 Å². The zero-order chi connectivity index (χ0) is 25.8. The van der Waals surface area contributed by atoms with Crippen LogP contribution in [0.5, 0.6) is 0 Å². The molecule has 0 spiro atoms. The summed E-state index contributed by atoms with van der Waals surface area (Å²) >= 11 is 1.47. The third-order valence-electron chi connectivity index (χ3n) is 7.00. The van der Waals surface area contributed by atoms with Crippen LogP contribution in [-0.4, -0.2) is 50.2 Å². The van der Waals surface area contributed by atoms with Gasteiger partial charge in [0, 0.05) is 42.4 Å². The quantitative estimate of drug-likeness (QED) is 0.335. The van der Waals surface area contributed by atoms with E-state index in [4.69, 9.17) is 4.74 Å². The van der Waals surface area contributed by atoms with E-state index < -0.39 is 0 Å². The Morgan fingerprint density at radius 1 is 1.11 bits per heavy atom. The fourth-order valence-corrected chi connectivity index (χ4v) is 5.53. The highest BCUT2D eigenvalue weighted by molar-refractivity contribution is 7.17. The standard InChI is InChI=1S/C29H34N4O3S/c1-18-8-9-22(33-23-15-30-16-23)14-25(18)28(34)32-19(2)20-5-3-6-21(13-20)26-10-11-27(37-26)29(35)31-17-24-7-4-12-36-24/h3,5-6,8-11,13-14,19,23-24,30,33H,4,7,12,15-17H2,1-2H3,(H,31,35)(H,32,34)/t19-,24?/m1/s1. The van der Waals surface area contributed by atoms with Crippen molar-refractivity contribution in [2.45, 2.75) is 44.9 Å². The summed E-state index contributed by atoms with van der Waals surface area (Å²) in [5.41, 5.74) is 4.62. The number of anilines is 1. The van der Waals surface area contributed by atoms with Crippen LogP contribution >= 0.6 is 11.3 Å². The first-order valence-corrected chi connectivity index (χ1v) is 13.8. The van der Waals surface area contributed by atoms with Gasteiger partial charge in [0.15, 0.2) is 0 Å². The molecule has 3 aromatic rings. The van der Waals surface area contributed by atoms with E-state index in [2.05, 4.69) is 27.3 Å². The van der Waals surface area contributed by atoms with Gasteiger partial charge in [-0.05, 0) is 73.7 Å². The molecule has 194 valence electrons. The molecular formula is C29H34N4O3S. The average molecular weight is 519 g/mol. The number of thiophene rings is 1. The number of benzene rings is 2. The predicted molar refractivity (Wildman–Crippen MR) is 148 cm³/mol. The average Bonchev–Trinajstić information content (AvgIpc) is 3.58. The van der Waals surface area contributed by atoms with Gasteiger partial charge in [0.1, 0.15) is 0 Å². The van der Waals surface area contributed by atoms with Crippen LogP contribution in [0, 0.1) is 6.92 Å². The van der Waals surface area contributed by atoms with Gasteiger partial charge < -0.3 is 26.0 Å². The van der Waals surface area contributed by atoms with E-state index in [0.717, 1.165) is 59.8 Å². The summed E-state index contributed by atoms with van der Waals surface area (Å²) in [5, 5.41) is 12.9. The van der Waals surface area contributed by atoms with Crippen molar-refractivity contribution in [3.05, 3.63) is 76.2 Å². The number of rotatable bonds is 9. The van der Waals surface area contributed by atoms with Gasteiger partial charge in [-0.2, -0.15) is 0 Å². The Kier molecular flexibility index (Phi) is 7.88. The lowest BCUT2D eigenvalue weighted by Crippen LogP contribution is -2.51. The fraction of sp³-hybridized carbons (Fsp3) is 0.379. The summed E-state index contributed by atoms with van der Waals surface area (Å²) in [6, 6.07) is 18.2. The van der Waals surface area contributed by atoms with Crippen LogP contribution < -0.4 is 21.3 Å². The van der Waals surface area contributed by atoms with E-state index in [1.807, 2.05) is 62.4 Å². The zero-order valence-electron chi connectivity index (χ0n) is 21.3. The summed E-state index contributed by atoms with van der Waals surface area (Å²) in [4.78, 5) is 27.5. The molecule has 0 aliphatic carbocycles. The number of hydrogen-bond acceptors (Lipinski definition) is 6. The fourth-order valence-electron chi connectivity index (χ4n) is 4.62. The maximum atomic E-state index is 13.2. The normalized spacial score (nSPS) is 18.2. The van der Waals surface area contributed by atoms with Crippen LogP contribution in [0.2, 0.25) is 0 Å². The van der Waals surface area contributed by atoms with Crippen molar-refractivity contribution in [2.24, 2.45) is 0 Å². The Morgan fingerprint density at radius 3 is 2.73 bits per heavy atom.